The normalized spacial score (nSPS) is 35.6. The lowest BCUT2D eigenvalue weighted by Gasteiger charge is -2.20. The molecule has 0 aliphatic carbocycles. The van der Waals surface area contributed by atoms with E-state index in [1.165, 1.54) is 0 Å². The van der Waals surface area contributed by atoms with Crippen molar-refractivity contribution in [1.29, 1.82) is 0 Å². The van der Waals surface area contributed by atoms with Crippen molar-refractivity contribution in [2.45, 2.75) is 45.9 Å². The highest BCUT2D eigenvalue weighted by atomic mass is 16.5. The molecule has 0 bridgehead atoms. The van der Waals surface area contributed by atoms with Crippen LogP contribution in [0.15, 0.2) is 5.16 Å². The Morgan fingerprint density at radius 3 is 2.41 bits per heavy atom. The number of carbonyl (C=O) groups excluding carboxylic acids is 1. The lowest BCUT2D eigenvalue weighted by molar-refractivity contribution is -0.127. The highest BCUT2D eigenvalue weighted by Crippen LogP contribution is 2.32. The van der Waals surface area contributed by atoms with Crippen LogP contribution in [0.4, 0.5) is 0 Å². The number of nitrogens with zero attached hydrogens (tertiary/aromatic N) is 1. The largest absolute Gasteiger partial charge is 0.409 e. The van der Waals surface area contributed by atoms with Crippen LogP contribution >= 0.6 is 0 Å². The third-order valence-electron chi connectivity index (χ3n) is 3.46. The Morgan fingerprint density at radius 2 is 2.00 bits per heavy atom. The molecule has 6 nitrogen and oxygen atoms in total. The quantitative estimate of drug-likeness (QED) is 0.287. The molecule has 0 saturated carbocycles. The first kappa shape index (κ1) is 13.8. The van der Waals surface area contributed by atoms with Gasteiger partial charge in [0.25, 0.3) is 0 Å². The van der Waals surface area contributed by atoms with E-state index in [1.807, 2.05) is 20.8 Å². The molecule has 5 atom stereocenters. The smallest absolute Gasteiger partial charge is 0.226 e. The molecule has 1 saturated heterocycles. The molecule has 4 N–H and O–H groups in total. The first-order chi connectivity index (χ1) is 7.88. The van der Waals surface area contributed by atoms with Crippen LogP contribution in [0.1, 0.15) is 27.7 Å². The van der Waals surface area contributed by atoms with Crippen LogP contribution in [0, 0.1) is 11.8 Å². The molecule has 98 valence electrons. The maximum atomic E-state index is 12.1. The highest BCUT2D eigenvalue weighted by Gasteiger charge is 2.41. The number of oxime groups is 1. The Kier molecular flexibility index (Phi) is 4.34. The summed E-state index contributed by atoms with van der Waals surface area (Å²) in [5, 5.41) is 14.1. The van der Waals surface area contributed by atoms with E-state index in [-0.39, 0.29) is 35.8 Å². The summed E-state index contributed by atoms with van der Waals surface area (Å²) in [6, 6.07) is -0.484. The molecule has 6 heteroatoms. The van der Waals surface area contributed by atoms with Gasteiger partial charge in [-0.1, -0.05) is 12.1 Å². The average molecular weight is 243 g/mol. The van der Waals surface area contributed by atoms with Crippen LogP contribution in [-0.4, -0.2) is 35.2 Å². The van der Waals surface area contributed by atoms with Gasteiger partial charge in [-0.05, 0) is 26.7 Å². The topological polar surface area (TPSA) is 96.9 Å². The summed E-state index contributed by atoms with van der Waals surface area (Å²) in [6.07, 6.45) is -0.0422. The molecule has 1 heterocycles. The van der Waals surface area contributed by atoms with Gasteiger partial charge in [0.2, 0.25) is 5.91 Å². The van der Waals surface area contributed by atoms with E-state index in [9.17, 15) is 4.79 Å². The third kappa shape index (κ3) is 2.88. The average Bonchev–Trinajstić information content (AvgIpc) is 2.51. The maximum Gasteiger partial charge on any atom is 0.226 e. The number of nitrogens with two attached hydrogens (primary N) is 1. The molecule has 1 amide bonds. The van der Waals surface area contributed by atoms with Gasteiger partial charge in [0.05, 0.1) is 24.2 Å². The summed E-state index contributed by atoms with van der Waals surface area (Å²) in [5.41, 5.74) is 5.41. The van der Waals surface area contributed by atoms with E-state index in [0.717, 1.165) is 0 Å². The van der Waals surface area contributed by atoms with Gasteiger partial charge in [-0.2, -0.15) is 0 Å². The van der Waals surface area contributed by atoms with Gasteiger partial charge < -0.3 is 21.0 Å². The number of amides is 1. The summed E-state index contributed by atoms with van der Waals surface area (Å²) < 4.78 is 5.60. The van der Waals surface area contributed by atoms with Gasteiger partial charge in [0.1, 0.15) is 0 Å². The number of hydrogen-bond donors (Lipinski definition) is 3. The van der Waals surface area contributed by atoms with E-state index in [2.05, 4.69) is 10.5 Å². The van der Waals surface area contributed by atoms with Crippen molar-refractivity contribution in [2.24, 2.45) is 22.7 Å². The Hall–Kier alpha value is -1.30. The molecule has 17 heavy (non-hydrogen) atoms. The third-order valence-corrected chi connectivity index (χ3v) is 3.46. The van der Waals surface area contributed by atoms with Crippen LogP contribution in [0.25, 0.3) is 0 Å². The van der Waals surface area contributed by atoms with E-state index in [4.69, 9.17) is 15.7 Å². The van der Waals surface area contributed by atoms with Gasteiger partial charge in [-0.3, -0.25) is 4.79 Å². The molecular formula is C11H21N3O3. The molecule has 0 spiro atoms. The zero-order valence-electron chi connectivity index (χ0n) is 10.7. The van der Waals surface area contributed by atoms with Crippen LogP contribution in [0.3, 0.4) is 0 Å². The van der Waals surface area contributed by atoms with Crippen molar-refractivity contribution >= 4 is 11.7 Å². The van der Waals surface area contributed by atoms with Gasteiger partial charge in [0, 0.05) is 0 Å². The Balaban J connectivity index is 2.65. The number of hydrogen-bond acceptors (Lipinski definition) is 4. The second-order valence-corrected chi connectivity index (χ2v) is 4.69. The predicted octanol–water partition coefficient (Wildman–Crippen LogP) is 0.297. The monoisotopic (exact) mass is 243 g/mol. The minimum absolute atomic E-state index is 0.00869. The highest BCUT2D eigenvalue weighted by molar-refractivity contribution is 5.90. The van der Waals surface area contributed by atoms with Crippen LogP contribution in [0.5, 0.6) is 0 Å². The summed E-state index contributed by atoms with van der Waals surface area (Å²) in [4.78, 5) is 12.1. The Morgan fingerprint density at radius 1 is 1.41 bits per heavy atom. The fourth-order valence-electron chi connectivity index (χ4n) is 2.19. The van der Waals surface area contributed by atoms with Gasteiger partial charge in [0.15, 0.2) is 5.84 Å². The minimum Gasteiger partial charge on any atom is -0.409 e. The molecule has 1 aliphatic rings. The van der Waals surface area contributed by atoms with E-state index < -0.39 is 6.04 Å². The lowest BCUT2D eigenvalue weighted by Crippen LogP contribution is -2.47. The van der Waals surface area contributed by atoms with Crippen molar-refractivity contribution in [3.05, 3.63) is 0 Å². The zero-order chi connectivity index (χ0) is 13.2. The SMILES string of the molecule is CC(NC(=O)C1C(C)OC(C)C1C)C(N)=NO. The molecule has 1 rings (SSSR count). The summed E-state index contributed by atoms with van der Waals surface area (Å²) in [7, 11) is 0. The van der Waals surface area contributed by atoms with Crippen molar-refractivity contribution in [3.63, 3.8) is 0 Å². The fourth-order valence-corrected chi connectivity index (χ4v) is 2.19. The number of carbonyl (C=O) groups is 1. The van der Waals surface area contributed by atoms with Crippen LogP contribution in [0.2, 0.25) is 0 Å². The van der Waals surface area contributed by atoms with Gasteiger partial charge >= 0.3 is 0 Å². The molecule has 1 fully saturated rings. The minimum atomic E-state index is -0.484. The second-order valence-electron chi connectivity index (χ2n) is 4.69. The summed E-state index contributed by atoms with van der Waals surface area (Å²) >= 11 is 0. The first-order valence-corrected chi connectivity index (χ1v) is 5.81. The standard InChI is InChI=1S/C11H21N3O3/c1-5-7(3)17-8(4)9(5)11(15)13-6(2)10(12)14-16/h5-9,16H,1-4H3,(H2,12,14)(H,13,15). The van der Waals surface area contributed by atoms with E-state index in [0.29, 0.717) is 0 Å². The van der Waals surface area contributed by atoms with Crippen molar-refractivity contribution < 1.29 is 14.7 Å². The number of rotatable bonds is 3. The molecular weight excluding hydrogens is 222 g/mol. The Labute approximate surface area is 101 Å². The summed E-state index contributed by atoms with van der Waals surface area (Å²) in [6.45, 7) is 7.51. The maximum absolute atomic E-state index is 12.1. The predicted molar refractivity (Wildman–Crippen MR) is 63.7 cm³/mol. The molecule has 5 unspecified atom stereocenters. The van der Waals surface area contributed by atoms with Crippen LogP contribution in [-0.2, 0) is 9.53 Å². The molecule has 0 aromatic carbocycles. The van der Waals surface area contributed by atoms with Crippen molar-refractivity contribution in [2.75, 3.05) is 0 Å². The molecule has 0 aromatic rings. The van der Waals surface area contributed by atoms with Crippen molar-refractivity contribution in [3.8, 4) is 0 Å². The van der Waals surface area contributed by atoms with E-state index in [1.54, 1.807) is 6.92 Å². The Bertz CT molecular complexity index is 319. The number of nitrogens with one attached hydrogen (secondary N) is 1. The van der Waals surface area contributed by atoms with Gasteiger partial charge in [-0.15, -0.1) is 0 Å². The lowest BCUT2D eigenvalue weighted by atomic mass is 9.88. The number of amidine groups is 1. The van der Waals surface area contributed by atoms with Crippen molar-refractivity contribution in [1.82, 2.24) is 5.32 Å². The zero-order valence-corrected chi connectivity index (χ0v) is 10.7. The second kappa shape index (κ2) is 5.35. The molecule has 0 aromatic heterocycles. The number of ether oxygens (including phenoxy) is 1. The van der Waals surface area contributed by atoms with E-state index >= 15 is 0 Å². The van der Waals surface area contributed by atoms with Crippen LogP contribution < -0.4 is 11.1 Å². The first-order valence-electron chi connectivity index (χ1n) is 5.81. The molecule has 0 radical (unpaired) electrons. The summed E-state index contributed by atoms with van der Waals surface area (Å²) in [5.74, 6) is -0.164. The van der Waals surface area contributed by atoms with Gasteiger partial charge in [-0.25, -0.2) is 0 Å². The molecule has 1 aliphatic heterocycles. The fraction of sp³-hybridized carbons (Fsp3) is 0.818.